The molecular formula is C15H22O2. The summed E-state index contributed by atoms with van der Waals surface area (Å²) in [4.78, 5) is 0. The van der Waals surface area contributed by atoms with Crippen LogP contribution in [0.3, 0.4) is 0 Å². The van der Waals surface area contributed by atoms with Gasteiger partial charge in [0.25, 0.3) is 0 Å². The standard InChI is InChI=1S/C15H22O2/c1-5-15(4,6-2)11(3)12-7-8-13-14(9-12)17-10-16-13/h7-9,11H,5-6,10H2,1-4H3. The molecule has 0 saturated heterocycles. The lowest BCUT2D eigenvalue weighted by atomic mass is 9.71. The second-order valence-corrected chi connectivity index (χ2v) is 5.20. The third-order valence-electron chi connectivity index (χ3n) is 4.56. The monoisotopic (exact) mass is 234 g/mol. The minimum atomic E-state index is 0.353. The number of rotatable bonds is 4. The molecule has 1 aromatic carbocycles. The number of benzene rings is 1. The predicted octanol–water partition coefficient (Wildman–Crippen LogP) is 4.35. The number of hydrogen-bond donors (Lipinski definition) is 0. The largest absolute Gasteiger partial charge is 0.454 e. The maximum Gasteiger partial charge on any atom is 0.231 e. The fourth-order valence-electron chi connectivity index (χ4n) is 2.45. The van der Waals surface area contributed by atoms with Crippen LogP contribution in [0.1, 0.15) is 52.0 Å². The van der Waals surface area contributed by atoms with Crippen molar-refractivity contribution in [1.82, 2.24) is 0 Å². The Labute approximate surface area is 104 Å². The van der Waals surface area contributed by atoms with Crippen LogP contribution >= 0.6 is 0 Å². The molecule has 0 aliphatic carbocycles. The van der Waals surface area contributed by atoms with Gasteiger partial charge in [-0.05, 0) is 29.0 Å². The third kappa shape index (κ3) is 2.13. The normalized spacial score (nSPS) is 16.0. The minimum absolute atomic E-state index is 0.353. The molecule has 2 nitrogen and oxygen atoms in total. The molecule has 1 atom stereocenters. The summed E-state index contributed by atoms with van der Waals surface area (Å²) in [5.74, 6) is 2.30. The highest BCUT2D eigenvalue weighted by atomic mass is 16.7. The van der Waals surface area contributed by atoms with Gasteiger partial charge in [-0.2, -0.15) is 0 Å². The van der Waals surface area contributed by atoms with Crippen LogP contribution in [-0.2, 0) is 0 Å². The average Bonchev–Trinajstić information content (AvgIpc) is 2.84. The smallest absolute Gasteiger partial charge is 0.231 e. The van der Waals surface area contributed by atoms with Crippen molar-refractivity contribution in [2.24, 2.45) is 5.41 Å². The van der Waals surface area contributed by atoms with Crippen molar-refractivity contribution in [3.05, 3.63) is 23.8 Å². The molecule has 94 valence electrons. The zero-order chi connectivity index (χ0) is 12.5. The fourth-order valence-corrected chi connectivity index (χ4v) is 2.45. The molecule has 0 aromatic heterocycles. The minimum Gasteiger partial charge on any atom is -0.454 e. The topological polar surface area (TPSA) is 18.5 Å². The molecule has 2 heteroatoms. The Morgan fingerprint density at radius 2 is 1.82 bits per heavy atom. The maximum atomic E-state index is 5.45. The second-order valence-electron chi connectivity index (χ2n) is 5.20. The zero-order valence-electron chi connectivity index (χ0n) is 11.2. The molecule has 2 rings (SSSR count). The van der Waals surface area contributed by atoms with Gasteiger partial charge >= 0.3 is 0 Å². The van der Waals surface area contributed by atoms with Crippen molar-refractivity contribution in [1.29, 1.82) is 0 Å². The van der Waals surface area contributed by atoms with Gasteiger partial charge in [0.15, 0.2) is 11.5 Å². The van der Waals surface area contributed by atoms with E-state index in [2.05, 4.69) is 39.8 Å². The molecule has 0 amide bonds. The Morgan fingerprint density at radius 1 is 1.18 bits per heavy atom. The molecule has 0 spiro atoms. The lowest BCUT2D eigenvalue weighted by Crippen LogP contribution is -2.22. The van der Waals surface area contributed by atoms with Crippen LogP contribution in [0.15, 0.2) is 18.2 Å². The summed E-state index contributed by atoms with van der Waals surface area (Å²) in [7, 11) is 0. The van der Waals surface area contributed by atoms with Crippen LogP contribution in [0.5, 0.6) is 11.5 Å². The van der Waals surface area contributed by atoms with E-state index in [-0.39, 0.29) is 0 Å². The van der Waals surface area contributed by atoms with Gasteiger partial charge in [-0.25, -0.2) is 0 Å². The van der Waals surface area contributed by atoms with Gasteiger partial charge in [-0.3, -0.25) is 0 Å². The van der Waals surface area contributed by atoms with Crippen molar-refractivity contribution in [3.63, 3.8) is 0 Å². The molecule has 1 aliphatic rings. The molecule has 1 aliphatic heterocycles. The van der Waals surface area contributed by atoms with Gasteiger partial charge < -0.3 is 9.47 Å². The summed E-state index contributed by atoms with van der Waals surface area (Å²) in [6, 6.07) is 6.33. The molecule has 1 heterocycles. The Kier molecular flexibility index (Phi) is 3.32. The first-order chi connectivity index (χ1) is 8.10. The number of hydrogen-bond acceptors (Lipinski definition) is 2. The molecule has 0 fully saturated rings. The van der Waals surface area contributed by atoms with Crippen LogP contribution in [0.2, 0.25) is 0 Å². The van der Waals surface area contributed by atoms with Crippen molar-refractivity contribution >= 4 is 0 Å². The molecule has 0 radical (unpaired) electrons. The first kappa shape index (κ1) is 12.3. The first-order valence-corrected chi connectivity index (χ1v) is 6.50. The number of ether oxygens (including phenoxy) is 2. The molecule has 0 bridgehead atoms. The van der Waals surface area contributed by atoms with E-state index < -0.39 is 0 Å². The average molecular weight is 234 g/mol. The van der Waals surface area contributed by atoms with Crippen molar-refractivity contribution in [2.45, 2.75) is 46.5 Å². The summed E-state index contributed by atoms with van der Waals surface area (Å²) in [5.41, 5.74) is 1.70. The molecule has 0 saturated carbocycles. The Morgan fingerprint density at radius 3 is 2.47 bits per heavy atom. The van der Waals surface area contributed by atoms with E-state index in [1.807, 2.05) is 6.07 Å². The van der Waals surface area contributed by atoms with Crippen LogP contribution in [0.25, 0.3) is 0 Å². The Hall–Kier alpha value is -1.18. The van der Waals surface area contributed by atoms with E-state index in [1.165, 1.54) is 18.4 Å². The molecule has 1 unspecified atom stereocenters. The first-order valence-electron chi connectivity index (χ1n) is 6.50. The lowest BCUT2D eigenvalue weighted by Gasteiger charge is -2.34. The lowest BCUT2D eigenvalue weighted by molar-refractivity contribution is 0.174. The van der Waals surface area contributed by atoms with Gasteiger partial charge in [0.2, 0.25) is 6.79 Å². The Balaban J connectivity index is 2.28. The van der Waals surface area contributed by atoms with Crippen molar-refractivity contribution in [3.8, 4) is 11.5 Å². The van der Waals surface area contributed by atoms with E-state index in [9.17, 15) is 0 Å². The molecule has 0 N–H and O–H groups in total. The summed E-state index contributed by atoms with van der Waals surface area (Å²) < 4.78 is 10.8. The summed E-state index contributed by atoms with van der Waals surface area (Å²) in [6.07, 6.45) is 2.39. The predicted molar refractivity (Wildman–Crippen MR) is 69.7 cm³/mol. The zero-order valence-corrected chi connectivity index (χ0v) is 11.2. The summed E-state index contributed by atoms with van der Waals surface area (Å²) in [6.45, 7) is 9.57. The van der Waals surface area contributed by atoms with Gasteiger partial charge in [0.05, 0.1) is 0 Å². The van der Waals surface area contributed by atoms with E-state index in [1.54, 1.807) is 0 Å². The SMILES string of the molecule is CCC(C)(CC)C(C)c1ccc2c(c1)OCO2. The van der Waals surface area contributed by atoms with Gasteiger partial charge in [-0.15, -0.1) is 0 Å². The third-order valence-corrected chi connectivity index (χ3v) is 4.56. The van der Waals surface area contributed by atoms with Crippen molar-refractivity contribution < 1.29 is 9.47 Å². The fraction of sp³-hybridized carbons (Fsp3) is 0.600. The Bertz CT molecular complexity index is 394. The maximum absolute atomic E-state index is 5.45. The highest BCUT2D eigenvalue weighted by Crippen LogP contribution is 2.43. The van der Waals surface area contributed by atoms with Gasteiger partial charge in [0, 0.05) is 0 Å². The van der Waals surface area contributed by atoms with E-state index in [4.69, 9.17) is 9.47 Å². The molecule has 1 aromatic rings. The van der Waals surface area contributed by atoms with Crippen LogP contribution < -0.4 is 9.47 Å². The summed E-state index contributed by atoms with van der Waals surface area (Å²) >= 11 is 0. The van der Waals surface area contributed by atoms with Crippen molar-refractivity contribution in [2.75, 3.05) is 6.79 Å². The summed E-state index contributed by atoms with van der Waals surface area (Å²) in [5, 5.41) is 0. The van der Waals surface area contributed by atoms with Gasteiger partial charge in [0.1, 0.15) is 0 Å². The van der Waals surface area contributed by atoms with Crippen LogP contribution in [0, 0.1) is 5.41 Å². The van der Waals surface area contributed by atoms with Gasteiger partial charge in [-0.1, -0.05) is 46.6 Å². The quantitative estimate of drug-likeness (QED) is 0.771. The van der Waals surface area contributed by atoms with E-state index in [0.717, 1.165) is 11.5 Å². The van der Waals surface area contributed by atoms with Crippen LogP contribution in [-0.4, -0.2) is 6.79 Å². The second kappa shape index (κ2) is 4.59. The molecular weight excluding hydrogens is 212 g/mol. The van der Waals surface area contributed by atoms with E-state index >= 15 is 0 Å². The van der Waals surface area contributed by atoms with E-state index in [0.29, 0.717) is 18.1 Å². The van der Waals surface area contributed by atoms with Crippen LogP contribution in [0.4, 0.5) is 0 Å². The highest BCUT2D eigenvalue weighted by Gasteiger charge is 2.29. The molecule has 17 heavy (non-hydrogen) atoms. The highest BCUT2D eigenvalue weighted by molar-refractivity contribution is 5.45. The number of fused-ring (bicyclic) bond motifs is 1.